The normalized spacial score (nSPS) is 17.8. The third kappa shape index (κ3) is 4.86. The number of nitrogens with zero attached hydrogens (tertiary/aromatic N) is 4. The topological polar surface area (TPSA) is 126 Å². The van der Waals surface area contributed by atoms with Crippen molar-refractivity contribution in [2.75, 3.05) is 25.5 Å². The maximum atomic E-state index is 13.4. The van der Waals surface area contributed by atoms with Crippen LogP contribution in [0.25, 0.3) is 0 Å². The fourth-order valence-corrected chi connectivity index (χ4v) is 4.00. The van der Waals surface area contributed by atoms with Gasteiger partial charge >= 0.3 is 12.2 Å². The molecule has 0 fully saturated rings. The van der Waals surface area contributed by atoms with Crippen LogP contribution in [-0.4, -0.2) is 69.2 Å². The second-order valence-electron chi connectivity index (χ2n) is 7.62. The third-order valence-corrected chi connectivity index (χ3v) is 5.69. The first kappa shape index (κ1) is 22.8. The van der Waals surface area contributed by atoms with Crippen LogP contribution in [0.1, 0.15) is 28.2 Å². The van der Waals surface area contributed by atoms with E-state index in [1.54, 1.807) is 4.68 Å². The molecule has 0 bridgehead atoms. The molecule has 0 aliphatic carbocycles. The highest BCUT2D eigenvalue weighted by atomic mass is 35.5. The number of ether oxygens (including phenoxy) is 1. The van der Waals surface area contributed by atoms with Gasteiger partial charge in [-0.3, -0.25) is 14.3 Å². The smallest absolute Gasteiger partial charge is 0.450 e. The zero-order chi connectivity index (χ0) is 23.7. The molecule has 0 saturated heterocycles. The van der Waals surface area contributed by atoms with Gasteiger partial charge < -0.3 is 20.1 Å². The van der Waals surface area contributed by atoms with Crippen molar-refractivity contribution in [3.8, 4) is 0 Å². The van der Waals surface area contributed by atoms with E-state index in [9.17, 15) is 18.8 Å². The number of aromatic nitrogens is 2. The Kier molecular flexibility index (Phi) is 6.38. The van der Waals surface area contributed by atoms with Gasteiger partial charge in [-0.1, -0.05) is 11.6 Å². The second-order valence-corrected chi connectivity index (χ2v) is 8.03. The summed E-state index contributed by atoms with van der Waals surface area (Å²) in [5.41, 5.74) is 2.00. The molecular formula is C20H21ClFN5O6. The predicted octanol–water partition coefficient (Wildman–Crippen LogP) is 2.74. The number of carboxylic acid groups (broad SMARTS) is 1. The van der Waals surface area contributed by atoms with Crippen molar-refractivity contribution in [3.05, 3.63) is 46.0 Å². The molecule has 1 unspecified atom stereocenters. The number of anilines is 1. The van der Waals surface area contributed by atoms with Crippen LogP contribution in [0.3, 0.4) is 0 Å². The van der Waals surface area contributed by atoms with E-state index in [4.69, 9.17) is 21.5 Å². The molecule has 0 saturated carbocycles. The van der Waals surface area contributed by atoms with Crippen molar-refractivity contribution in [1.29, 1.82) is 0 Å². The molecule has 1 aromatic carbocycles. The Balaban J connectivity index is 1.51. The summed E-state index contributed by atoms with van der Waals surface area (Å²) < 4.78 is 19.5. The summed E-state index contributed by atoms with van der Waals surface area (Å²) in [5, 5.41) is 16.9. The molecule has 176 valence electrons. The Hall–Kier alpha value is -3.38. The highest BCUT2D eigenvalue weighted by Crippen LogP contribution is 2.27. The summed E-state index contributed by atoms with van der Waals surface area (Å²) >= 11 is 5.78. The van der Waals surface area contributed by atoms with Crippen LogP contribution in [0.15, 0.2) is 18.2 Å². The summed E-state index contributed by atoms with van der Waals surface area (Å²) in [4.78, 5) is 43.5. The SMILES string of the molecule is CN1OC(CCOC(=O)O)Cn2nc3c(c2C1=O)CN(C(=O)Nc1ccc(F)c(Cl)c1)CC3. The van der Waals surface area contributed by atoms with Crippen LogP contribution in [-0.2, 0) is 29.1 Å². The first-order valence-corrected chi connectivity index (χ1v) is 10.5. The highest BCUT2D eigenvalue weighted by molar-refractivity contribution is 6.31. The summed E-state index contributed by atoms with van der Waals surface area (Å²) in [5.74, 6) is -1.00. The number of rotatable bonds is 4. The summed E-state index contributed by atoms with van der Waals surface area (Å²) in [6.45, 7) is 0.666. The van der Waals surface area contributed by atoms with Gasteiger partial charge in [0.05, 0.1) is 30.4 Å². The minimum atomic E-state index is -1.38. The Morgan fingerprint density at radius 3 is 2.94 bits per heavy atom. The van der Waals surface area contributed by atoms with E-state index >= 15 is 0 Å². The molecule has 3 heterocycles. The summed E-state index contributed by atoms with van der Waals surface area (Å²) in [7, 11) is 1.47. The highest BCUT2D eigenvalue weighted by Gasteiger charge is 2.35. The average Bonchev–Trinajstić information content (AvgIpc) is 3.06. The maximum absolute atomic E-state index is 13.4. The summed E-state index contributed by atoms with van der Waals surface area (Å²) in [6.07, 6.45) is -1.23. The number of benzene rings is 1. The lowest BCUT2D eigenvalue weighted by Crippen LogP contribution is -2.39. The number of hydrogen-bond donors (Lipinski definition) is 2. The Morgan fingerprint density at radius 2 is 2.21 bits per heavy atom. The number of nitrogens with one attached hydrogen (secondary N) is 1. The van der Waals surface area contributed by atoms with Crippen LogP contribution in [0.4, 0.5) is 19.7 Å². The van der Waals surface area contributed by atoms with Crippen molar-refractivity contribution in [1.82, 2.24) is 19.7 Å². The van der Waals surface area contributed by atoms with Crippen molar-refractivity contribution in [2.24, 2.45) is 0 Å². The fourth-order valence-electron chi connectivity index (χ4n) is 3.82. The van der Waals surface area contributed by atoms with E-state index in [-0.39, 0.29) is 31.1 Å². The van der Waals surface area contributed by atoms with Gasteiger partial charge in [-0.05, 0) is 18.2 Å². The molecule has 3 amide bonds. The quantitative estimate of drug-likeness (QED) is 0.643. The molecule has 11 nitrogen and oxygen atoms in total. The number of amides is 3. The maximum Gasteiger partial charge on any atom is 0.505 e. The molecule has 13 heteroatoms. The van der Waals surface area contributed by atoms with Crippen LogP contribution in [0, 0.1) is 5.82 Å². The van der Waals surface area contributed by atoms with Gasteiger partial charge in [0, 0.05) is 37.7 Å². The van der Waals surface area contributed by atoms with Crippen LogP contribution >= 0.6 is 11.6 Å². The van der Waals surface area contributed by atoms with E-state index in [1.807, 2.05) is 0 Å². The van der Waals surface area contributed by atoms with Crippen molar-refractivity contribution < 1.29 is 33.5 Å². The van der Waals surface area contributed by atoms with Gasteiger partial charge in [0.15, 0.2) is 0 Å². The predicted molar refractivity (Wildman–Crippen MR) is 112 cm³/mol. The first-order valence-electron chi connectivity index (χ1n) is 10.1. The van der Waals surface area contributed by atoms with Gasteiger partial charge in [-0.15, -0.1) is 0 Å². The number of carbonyl (C=O) groups excluding carboxylic acids is 2. The fraction of sp³-hybridized carbons (Fsp3) is 0.400. The largest absolute Gasteiger partial charge is 0.505 e. The molecule has 2 N–H and O–H groups in total. The number of fused-ring (bicyclic) bond motifs is 3. The number of carbonyl (C=O) groups is 3. The van der Waals surface area contributed by atoms with Crippen LogP contribution in [0.5, 0.6) is 0 Å². The van der Waals surface area contributed by atoms with E-state index in [2.05, 4.69) is 15.2 Å². The number of hydrogen-bond acceptors (Lipinski definition) is 6. The molecule has 2 aromatic rings. The first-order chi connectivity index (χ1) is 15.7. The van der Waals surface area contributed by atoms with Gasteiger partial charge in [-0.25, -0.2) is 19.0 Å². The minimum absolute atomic E-state index is 0.0836. The van der Waals surface area contributed by atoms with Crippen LogP contribution < -0.4 is 5.32 Å². The molecule has 2 aliphatic heterocycles. The summed E-state index contributed by atoms with van der Waals surface area (Å²) in [6, 6.07) is 3.47. The van der Waals surface area contributed by atoms with Crippen molar-refractivity contribution >= 4 is 35.4 Å². The van der Waals surface area contributed by atoms with E-state index in [1.165, 1.54) is 24.1 Å². The molecule has 0 spiro atoms. The van der Waals surface area contributed by atoms with Gasteiger partial charge in [-0.2, -0.15) is 5.10 Å². The standard InChI is InChI=1S/C20H21ClFN5O6/c1-25-18(28)17-13-10-26(19(29)23-11-2-3-15(22)14(21)8-11)6-4-16(13)24-27(17)9-12(33-25)5-7-32-20(30)31/h2-3,8,12H,4-7,9-10H2,1H3,(H,23,29)(H,30,31). The number of hydroxylamine groups is 2. The number of halogens is 2. The van der Waals surface area contributed by atoms with Crippen molar-refractivity contribution in [2.45, 2.75) is 32.0 Å². The Bertz CT molecular complexity index is 1110. The lowest BCUT2D eigenvalue weighted by Gasteiger charge is -2.27. The molecule has 0 radical (unpaired) electrons. The van der Waals surface area contributed by atoms with Crippen molar-refractivity contribution in [3.63, 3.8) is 0 Å². The minimum Gasteiger partial charge on any atom is -0.450 e. The molecule has 2 aliphatic rings. The third-order valence-electron chi connectivity index (χ3n) is 5.40. The Labute approximate surface area is 192 Å². The van der Waals surface area contributed by atoms with Gasteiger partial charge in [0.25, 0.3) is 5.91 Å². The zero-order valence-electron chi connectivity index (χ0n) is 17.6. The molecule has 1 aromatic heterocycles. The lowest BCUT2D eigenvalue weighted by atomic mass is 10.1. The molecular weight excluding hydrogens is 461 g/mol. The zero-order valence-corrected chi connectivity index (χ0v) is 18.3. The molecule has 33 heavy (non-hydrogen) atoms. The average molecular weight is 482 g/mol. The molecule has 4 rings (SSSR count). The van der Waals surface area contributed by atoms with Gasteiger partial charge in [0.2, 0.25) is 0 Å². The number of urea groups is 1. The Morgan fingerprint density at radius 1 is 1.42 bits per heavy atom. The van der Waals surface area contributed by atoms with E-state index < -0.39 is 30.0 Å². The lowest BCUT2D eigenvalue weighted by molar-refractivity contribution is -0.153. The van der Waals surface area contributed by atoms with E-state index in [0.29, 0.717) is 35.6 Å². The molecule has 1 atom stereocenters. The van der Waals surface area contributed by atoms with E-state index in [0.717, 1.165) is 11.1 Å². The van der Waals surface area contributed by atoms with Crippen LogP contribution in [0.2, 0.25) is 5.02 Å². The second kappa shape index (κ2) is 9.24. The van der Waals surface area contributed by atoms with Gasteiger partial charge in [0.1, 0.15) is 17.6 Å². The monoisotopic (exact) mass is 481 g/mol.